The highest BCUT2D eigenvalue weighted by Crippen LogP contribution is 2.04. The van der Waals surface area contributed by atoms with Crippen LogP contribution in [0.25, 0.3) is 0 Å². The molecule has 1 rings (SSSR count). The molecule has 64 valence electrons. The Labute approximate surface area is 73.6 Å². The second kappa shape index (κ2) is 3.66. The van der Waals surface area contributed by atoms with Crippen LogP contribution in [0.2, 0.25) is 0 Å². The number of nitrogens with zero attached hydrogens (tertiary/aromatic N) is 2. The van der Waals surface area contributed by atoms with E-state index in [2.05, 4.69) is 19.4 Å². The number of hydrogen-bond acceptors (Lipinski definition) is 5. The quantitative estimate of drug-likeness (QED) is 0.598. The second-order valence-corrected chi connectivity index (χ2v) is 1.84. The Kier molecular flexibility index (Phi) is 1.55. The summed E-state index contributed by atoms with van der Waals surface area (Å²) in [5, 5.41) is 0. The highest BCUT2D eigenvalue weighted by atomic mass is 16.5. The third-order valence-corrected chi connectivity index (χ3v) is 1.11. The van der Waals surface area contributed by atoms with Crippen molar-refractivity contribution in [3.8, 4) is 5.75 Å². The van der Waals surface area contributed by atoms with Gasteiger partial charge < -0.3 is 9.47 Å². The lowest BCUT2D eigenvalue weighted by Gasteiger charge is -1.98. The van der Waals surface area contributed by atoms with E-state index in [1.807, 2.05) is 0 Å². The van der Waals surface area contributed by atoms with Crippen LogP contribution >= 0.6 is 0 Å². The lowest BCUT2D eigenvalue weighted by atomic mass is 10.5. The zero-order valence-electron chi connectivity index (χ0n) is 9.27. The van der Waals surface area contributed by atoms with E-state index in [9.17, 15) is 4.79 Å². The van der Waals surface area contributed by atoms with E-state index in [-0.39, 0.29) is 11.6 Å². The van der Waals surface area contributed by atoms with Crippen molar-refractivity contribution in [3.63, 3.8) is 0 Å². The van der Waals surface area contributed by atoms with Crippen LogP contribution in [0.1, 0.15) is 14.7 Å². The van der Waals surface area contributed by atoms with E-state index in [1.165, 1.54) is 7.11 Å². The van der Waals surface area contributed by atoms with Gasteiger partial charge in [-0.2, -0.15) is 0 Å². The van der Waals surface area contributed by atoms with Gasteiger partial charge in [-0.1, -0.05) is 0 Å². The lowest BCUT2D eigenvalue weighted by Crippen LogP contribution is -2.06. The molecule has 0 spiro atoms. The molecule has 1 aromatic rings. The van der Waals surface area contributed by atoms with Gasteiger partial charge in [-0.25, -0.2) is 14.8 Å². The molecule has 0 saturated heterocycles. The van der Waals surface area contributed by atoms with Gasteiger partial charge in [0.15, 0.2) is 5.75 Å². The van der Waals surface area contributed by atoms with Crippen molar-refractivity contribution in [1.82, 2.24) is 9.97 Å². The van der Waals surface area contributed by atoms with Crippen LogP contribution < -0.4 is 4.74 Å². The maximum absolute atomic E-state index is 10.9. The van der Waals surface area contributed by atoms with Crippen LogP contribution in [0.4, 0.5) is 0 Å². The van der Waals surface area contributed by atoms with E-state index in [0.717, 1.165) is 12.4 Å². The fraction of sp³-hybridized carbons (Fsp3) is 0.286. The molecule has 1 aromatic heterocycles. The van der Waals surface area contributed by atoms with Crippen molar-refractivity contribution >= 4 is 5.97 Å². The van der Waals surface area contributed by atoms with Crippen molar-refractivity contribution < 1.29 is 18.4 Å². The average Bonchev–Trinajstić information content (AvgIpc) is 2.15. The van der Waals surface area contributed by atoms with Crippen LogP contribution in [0.3, 0.4) is 0 Å². The van der Waals surface area contributed by atoms with Crippen molar-refractivity contribution in [1.29, 1.82) is 0 Å². The van der Waals surface area contributed by atoms with Crippen LogP contribution in [0.5, 0.6) is 5.75 Å². The van der Waals surface area contributed by atoms with Gasteiger partial charge in [0.25, 0.3) is 0 Å². The van der Waals surface area contributed by atoms with Crippen LogP contribution in [0, 0.1) is 0 Å². The molecule has 5 nitrogen and oxygen atoms in total. The fourth-order valence-electron chi connectivity index (χ4n) is 0.566. The summed E-state index contributed by atoms with van der Waals surface area (Å²) in [5.41, 5.74) is 0. The van der Waals surface area contributed by atoms with Crippen molar-refractivity contribution in [3.05, 3.63) is 18.2 Å². The Morgan fingerprint density at radius 1 is 1.58 bits per heavy atom. The van der Waals surface area contributed by atoms with Gasteiger partial charge in [-0.05, 0) is 0 Å². The minimum absolute atomic E-state index is 0.0392. The molecule has 5 heteroatoms. The minimum atomic E-state index is -2.56. The summed E-state index contributed by atoms with van der Waals surface area (Å²) in [6, 6.07) is 0. The summed E-state index contributed by atoms with van der Waals surface area (Å²) in [6.45, 7) is 0. The van der Waals surface area contributed by atoms with Crippen LogP contribution in [0.15, 0.2) is 12.4 Å². The molecule has 0 aromatic carbocycles. The third-order valence-electron chi connectivity index (χ3n) is 1.11. The summed E-state index contributed by atoms with van der Waals surface area (Å²) in [7, 11) is -1.37. The van der Waals surface area contributed by atoms with Crippen LogP contribution in [-0.4, -0.2) is 30.1 Å². The van der Waals surface area contributed by atoms with Gasteiger partial charge in [0.1, 0.15) is 0 Å². The van der Waals surface area contributed by atoms with Gasteiger partial charge in [0.05, 0.1) is 30.7 Å². The molecule has 0 bridgehead atoms. The molecular weight excluding hydrogens is 160 g/mol. The van der Waals surface area contributed by atoms with Crippen molar-refractivity contribution in [2.45, 2.75) is 0 Å². The van der Waals surface area contributed by atoms with E-state index in [0.29, 0.717) is 0 Å². The van der Waals surface area contributed by atoms with Gasteiger partial charge >= 0.3 is 5.97 Å². The first-order valence-corrected chi connectivity index (χ1v) is 3.02. The number of methoxy groups -OCH3 is 2. The minimum Gasteiger partial charge on any atom is -0.494 e. The van der Waals surface area contributed by atoms with E-state index in [1.54, 1.807) is 0 Å². The third kappa shape index (κ3) is 1.69. The Balaban J connectivity index is 2.77. The largest absolute Gasteiger partial charge is 0.494 e. The highest BCUT2D eigenvalue weighted by Gasteiger charge is 2.07. The molecule has 0 radical (unpaired) electrons. The first-order valence-electron chi connectivity index (χ1n) is 4.52. The number of aromatic nitrogens is 2. The fourth-order valence-corrected chi connectivity index (χ4v) is 0.566. The van der Waals surface area contributed by atoms with Gasteiger partial charge in [0, 0.05) is 0 Å². The number of carbonyl (C=O) groups excluding carboxylic acids is 1. The Hall–Kier alpha value is -1.65. The molecule has 0 aliphatic heterocycles. The topological polar surface area (TPSA) is 61.3 Å². The zero-order chi connectivity index (χ0) is 11.5. The molecule has 0 fully saturated rings. The van der Waals surface area contributed by atoms with E-state index < -0.39 is 13.0 Å². The summed E-state index contributed by atoms with van der Waals surface area (Å²) in [6.07, 6.45) is 2.18. The number of carbonyl (C=O) groups is 1. The van der Waals surface area contributed by atoms with Gasteiger partial charge in [0.2, 0.25) is 5.82 Å². The Morgan fingerprint density at radius 3 is 2.75 bits per heavy atom. The normalized spacial score (nSPS) is 13.9. The number of hydrogen-bond donors (Lipinski definition) is 0. The lowest BCUT2D eigenvalue weighted by molar-refractivity contribution is 0.0586. The average molecular weight is 171 g/mol. The van der Waals surface area contributed by atoms with Gasteiger partial charge in [-0.15, -0.1) is 0 Å². The molecule has 0 saturated carbocycles. The van der Waals surface area contributed by atoms with Crippen molar-refractivity contribution in [2.75, 3.05) is 14.1 Å². The first kappa shape index (κ1) is 5.08. The molecular formula is C7H8N2O3. The SMILES string of the molecule is [2H]C([2H])([2H])Oc1cnc(C(=O)OC)nc1. The summed E-state index contributed by atoms with van der Waals surface area (Å²) in [4.78, 5) is 18.1. The van der Waals surface area contributed by atoms with E-state index in [4.69, 9.17) is 4.11 Å². The molecule has 1 heterocycles. The monoisotopic (exact) mass is 171 g/mol. The smallest absolute Gasteiger partial charge is 0.376 e. The summed E-state index contributed by atoms with van der Waals surface area (Å²) in [5.74, 6) is -0.895. The zero-order valence-corrected chi connectivity index (χ0v) is 6.27. The predicted molar refractivity (Wildman–Crippen MR) is 39.9 cm³/mol. The number of ether oxygens (including phenoxy) is 2. The van der Waals surface area contributed by atoms with Crippen molar-refractivity contribution in [2.24, 2.45) is 0 Å². The molecule has 0 aliphatic carbocycles. The summed E-state index contributed by atoms with van der Waals surface area (Å²) >= 11 is 0. The second-order valence-electron chi connectivity index (χ2n) is 1.84. The van der Waals surface area contributed by atoms with Gasteiger partial charge in [-0.3, -0.25) is 0 Å². The summed E-state index contributed by atoms with van der Waals surface area (Å²) < 4.78 is 29.3. The Morgan fingerprint density at radius 2 is 2.25 bits per heavy atom. The van der Waals surface area contributed by atoms with Crippen LogP contribution in [-0.2, 0) is 4.74 Å². The maximum atomic E-state index is 10.9. The number of esters is 1. The highest BCUT2D eigenvalue weighted by molar-refractivity contribution is 5.84. The number of rotatable bonds is 2. The standard InChI is InChI=1S/C7H8N2O3/c1-11-5-3-8-6(9-4-5)7(10)12-2/h3-4H,1-2H3/i1D3. The molecule has 0 unspecified atom stereocenters. The predicted octanol–water partition coefficient (Wildman–Crippen LogP) is 0.272. The molecule has 12 heavy (non-hydrogen) atoms. The first-order chi connectivity index (χ1) is 6.92. The Bertz CT molecular complexity index is 349. The molecule has 0 aliphatic rings. The van der Waals surface area contributed by atoms with E-state index >= 15 is 0 Å². The maximum Gasteiger partial charge on any atom is 0.376 e. The molecule has 0 amide bonds. The molecule has 0 atom stereocenters. The molecule has 0 N–H and O–H groups in total.